The summed E-state index contributed by atoms with van der Waals surface area (Å²) in [5, 5.41) is 0. The zero-order valence-corrected chi connectivity index (χ0v) is 6.31. The van der Waals surface area contributed by atoms with E-state index in [-0.39, 0.29) is 0 Å². The van der Waals surface area contributed by atoms with Crippen molar-refractivity contribution in [1.82, 2.24) is 0 Å². The van der Waals surface area contributed by atoms with Crippen LogP contribution in [0.3, 0.4) is 0 Å². The molecule has 0 aliphatic rings. The lowest BCUT2D eigenvalue weighted by Gasteiger charge is -1.95. The Kier molecular flexibility index (Phi) is 3.76. The standard InChI is InChI=1S/C7H14N2/c1-4-5-6(2)7(8)9-3/h5H,4H2,1-3H3,(H2,8,9)/b6-5-. The molecule has 0 aromatic rings. The minimum atomic E-state index is 0.636. The molecule has 0 aromatic carbocycles. The fraction of sp³-hybridized carbons (Fsp3) is 0.571. The fourth-order valence-corrected chi connectivity index (χ4v) is 0.587. The molecule has 0 atom stereocenters. The van der Waals surface area contributed by atoms with Crippen LogP contribution in [0.2, 0.25) is 0 Å². The summed E-state index contributed by atoms with van der Waals surface area (Å²) >= 11 is 0. The van der Waals surface area contributed by atoms with Crippen LogP contribution in [0.5, 0.6) is 0 Å². The zero-order chi connectivity index (χ0) is 7.28. The van der Waals surface area contributed by atoms with Gasteiger partial charge in [0.1, 0.15) is 5.84 Å². The normalized spacial score (nSPS) is 14.1. The summed E-state index contributed by atoms with van der Waals surface area (Å²) in [5.41, 5.74) is 6.55. The van der Waals surface area contributed by atoms with Crippen LogP contribution in [0.4, 0.5) is 0 Å². The molecule has 0 radical (unpaired) electrons. The smallest absolute Gasteiger partial charge is 0.120 e. The molecule has 0 amide bonds. The van der Waals surface area contributed by atoms with Crippen LogP contribution in [0.1, 0.15) is 20.3 Å². The summed E-state index contributed by atoms with van der Waals surface area (Å²) in [6.07, 6.45) is 3.07. The molecule has 52 valence electrons. The molecule has 0 aliphatic heterocycles. The maximum absolute atomic E-state index is 5.48. The molecule has 0 unspecified atom stereocenters. The van der Waals surface area contributed by atoms with Gasteiger partial charge < -0.3 is 5.73 Å². The topological polar surface area (TPSA) is 38.4 Å². The number of nitrogens with zero attached hydrogens (tertiary/aromatic N) is 1. The van der Waals surface area contributed by atoms with Gasteiger partial charge in [0.2, 0.25) is 0 Å². The quantitative estimate of drug-likeness (QED) is 0.440. The Bertz CT molecular complexity index is 134. The summed E-state index contributed by atoms with van der Waals surface area (Å²) in [6, 6.07) is 0. The molecule has 9 heavy (non-hydrogen) atoms. The summed E-state index contributed by atoms with van der Waals surface area (Å²) in [4.78, 5) is 3.83. The van der Waals surface area contributed by atoms with Crippen molar-refractivity contribution >= 4 is 5.84 Å². The van der Waals surface area contributed by atoms with E-state index in [1.54, 1.807) is 7.05 Å². The summed E-state index contributed by atoms with van der Waals surface area (Å²) in [7, 11) is 1.70. The van der Waals surface area contributed by atoms with Gasteiger partial charge in [-0.05, 0) is 18.9 Å². The number of amidine groups is 1. The molecule has 2 N–H and O–H groups in total. The molecule has 0 bridgehead atoms. The van der Waals surface area contributed by atoms with Crippen LogP contribution in [0.25, 0.3) is 0 Å². The Morgan fingerprint density at radius 1 is 1.67 bits per heavy atom. The Labute approximate surface area is 56.5 Å². The van der Waals surface area contributed by atoms with Crippen molar-refractivity contribution in [2.75, 3.05) is 7.05 Å². The average Bonchev–Trinajstić information content (AvgIpc) is 1.87. The molecule has 0 saturated heterocycles. The molecule has 0 aromatic heterocycles. The lowest BCUT2D eigenvalue weighted by molar-refractivity contribution is 1.20. The molecule has 2 heteroatoms. The van der Waals surface area contributed by atoms with E-state index in [2.05, 4.69) is 18.0 Å². The first-order chi connectivity index (χ1) is 4.22. The summed E-state index contributed by atoms with van der Waals surface area (Å²) in [5.74, 6) is 0.636. The van der Waals surface area contributed by atoms with E-state index in [1.165, 1.54) is 0 Å². The van der Waals surface area contributed by atoms with Crippen LogP contribution in [0.15, 0.2) is 16.6 Å². The molecular weight excluding hydrogens is 112 g/mol. The van der Waals surface area contributed by atoms with Crippen LogP contribution < -0.4 is 5.73 Å². The third-order valence-corrected chi connectivity index (χ3v) is 1.16. The average molecular weight is 126 g/mol. The predicted molar refractivity (Wildman–Crippen MR) is 41.6 cm³/mol. The lowest BCUT2D eigenvalue weighted by atomic mass is 10.2. The van der Waals surface area contributed by atoms with Crippen LogP contribution in [-0.4, -0.2) is 12.9 Å². The second-order valence-electron chi connectivity index (χ2n) is 1.90. The number of allylic oxidation sites excluding steroid dienone is 1. The molecule has 2 nitrogen and oxygen atoms in total. The molecule has 0 fully saturated rings. The Balaban J connectivity index is 4.03. The van der Waals surface area contributed by atoms with Gasteiger partial charge in [0.25, 0.3) is 0 Å². The van der Waals surface area contributed by atoms with E-state index in [0.717, 1.165) is 12.0 Å². The van der Waals surface area contributed by atoms with Gasteiger partial charge in [0, 0.05) is 7.05 Å². The predicted octanol–water partition coefficient (Wildman–Crippen LogP) is 1.33. The maximum Gasteiger partial charge on any atom is 0.120 e. The number of aliphatic imine (C=N–C) groups is 1. The third kappa shape index (κ3) is 2.90. The largest absolute Gasteiger partial charge is 0.384 e. The Morgan fingerprint density at radius 2 is 2.22 bits per heavy atom. The van der Waals surface area contributed by atoms with Gasteiger partial charge in [-0.25, -0.2) is 0 Å². The Morgan fingerprint density at radius 3 is 2.56 bits per heavy atom. The van der Waals surface area contributed by atoms with Crippen molar-refractivity contribution in [3.63, 3.8) is 0 Å². The number of hydrogen-bond donors (Lipinski definition) is 1. The van der Waals surface area contributed by atoms with E-state index < -0.39 is 0 Å². The third-order valence-electron chi connectivity index (χ3n) is 1.16. The van der Waals surface area contributed by atoms with Crippen molar-refractivity contribution in [3.05, 3.63) is 11.6 Å². The highest BCUT2D eigenvalue weighted by atomic mass is 14.8. The van der Waals surface area contributed by atoms with Gasteiger partial charge in [-0.3, -0.25) is 4.99 Å². The molecule has 0 heterocycles. The van der Waals surface area contributed by atoms with Crippen molar-refractivity contribution < 1.29 is 0 Å². The molecular formula is C7H14N2. The molecule has 0 spiro atoms. The van der Waals surface area contributed by atoms with Crippen molar-refractivity contribution in [2.45, 2.75) is 20.3 Å². The number of rotatable bonds is 2. The van der Waals surface area contributed by atoms with Gasteiger partial charge >= 0.3 is 0 Å². The second kappa shape index (κ2) is 4.13. The highest BCUT2D eigenvalue weighted by Crippen LogP contribution is 1.93. The summed E-state index contributed by atoms with van der Waals surface area (Å²) in [6.45, 7) is 4.04. The molecule has 0 aliphatic carbocycles. The number of nitrogens with two attached hydrogens (primary N) is 1. The van der Waals surface area contributed by atoms with E-state index >= 15 is 0 Å². The second-order valence-corrected chi connectivity index (χ2v) is 1.90. The highest BCUT2D eigenvalue weighted by molar-refractivity contribution is 5.96. The first-order valence-electron chi connectivity index (χ1n) is 3.11. The van der Waals surface area contributed by atoms with Crippen LogP contribution in [-0.2, 0) is 0 Å². The minimum Gasteiger partial charge on any atom is -0.384 e. The summed E-state index contributed by atoms with van der Waals surface area (Å²) < 4.78 is 0. The van der Waals surface area contributed by atoms with E-state index in [4.69, 9.17) is 5.73 Å². The molecule has 0 rings (SSSR count). The van der Waals surface area contributed by atoms with Crippen molar-refractivity contribution in [3.8, 4) is 0 Å². The number of hydrogen-bond acceptors (Lipinski definition) is 1. The molecule has 0 saturated carbocycles. The minimum absolute atomic E-state index is 0.636. The lowest BCUT2D eigenvalue weighted by Crippen LogP contribution is -2.12. The Hall–Kier alpha value is -0.790. The fourth-order valence-electron chi connectivity index (χ4n) is 0.587. The maximum atomic E-state index is 5.48. The van der Waals surface area contributed by atoms with Crippen LogP contribution >= 0.6 is 0 Å². The SMILES string of the molecule is CC/C=C(/C)C(N)=NC. The highest BCUT2D eigenvalue weighted by Gasteiger charge is 1.89. The first-order valence-corrected chi connectivity index (χ1v) is 3.11. The van der Waals surface area contributed by atoms with Crippen molar-refractivity contribution in [1.29, 1.82) is 0 Å². The van der Waals surface area contributed by atoms with Crippen LogP contribution in [0, 0.1) is 0 Å². The van der Waals surface area contributed by atoms with Gasteiger partial charge in [-0.2, -0.15) is 0 Å². The van der Waals surface area contributed by atoms with E-state index in [1.807, 2.05) is 6.92 Å². The monoisotopic (exact) mass is 126 g/mol. The first kappa shape index (κ1) is 8.21. The zero-order valence-electron chi connectivity index (χ0n) is 6.31. The van der Waals surface area contributed by atoms with Gasteiger partial charge in [0.15, 0.2) is 0 Å². The van der Waals surface area contributed by atoms with E-state index in [0.29, 0.717) is 5.84 Å². The van der Waals surface area contributed by atoms with Gasteiger partial charge in [-0.1, -0.05) is 13.0 Å². The van der Waals surface area contributed by atoms with Gasteiger partial charge in [0.05, 0.1) is 0 Å². The van der Waals surface area contributed by atoms with Crippen molar-refractivity contribution in [2.24, 2.45) is 10.7 Å². The van der Waals surface area contributed by atoms with Gasteiger partial charge in [-0.15, -0.1) is 0 Å². The van der Waals surface area contributed by atoms with E-state index in [9.17, 15) is 0 Å².